The van der Waals surface area contributed by atoms with Crippen molar-refractivity contribution in [3.63, 3.8) is 0 Å². The zero-order valence-corrected chi connectivity index (χ0v) is 16.7. The van der Waals surface area contributed by atoms with Crippen LogP contribution in [0, 0.1) is 12.7 Å². The Morgan fingerprint density at radius 1 is 1.20 bits per heavy atom. The zero-order valence-electron chi connectivity index (χ0n) is 16.7. The molecule has 0 saturated heterocycles. The number of amides is 2. The number of aromatic nitrogens is 1. The molecule has 30 heavy (non-hydrogen) atoms. The second-order valence-electron chi connectivity index (χ2n) is 7.02. The van der Waals surface area contributed by atoms with Gasteiger partial charge in [0.05, 0.1) is 24.1 Å². The lowest BCUT2D eigenvalue weighted by Gasteiger charge is -2.27. The number of halogens is 1. The van der Waals surface area contributed by atoms with Crippen LogP contribution in [0.1, 0.15) is 24.6 Å². The summed E-state index contributed by atoms with van der Waals surface area (Å²) in [6, 6.07) is 7.89. The topological polar surface area (TPSA) is 85.2 Å². The quantitative estimate of drug-likeness (QED) is 0.748. The Labute approximate surface area is 173 Å². The summed E-state index contributed by atoms with van der Waals surface area (Å²) in [6.45, 7) is 4.20. The Kier molecular flexibility index (Phi) is 5.42. The van der Waals surface area contributed by atoms with Gasteiger partial charge in [-0.05, 0) is 31.5 Å². The second-order valence-corrected chi connectivity index (χ2v) is 7.02. The van der Waals surface area contributed by atoms with Crippen LogP contribution in [0.2, 0.25) is 0 Å². The molecule has 154 valence electrons. The first-order valence-electron chi connectivity index (χ1n) is 9.66. The predicted octanol–water partition coefficient (Wildman–Crippen LogP) is 4.76. The molecule has 2 amide bonds. The molecule has 0 saturated carbocycles. The van der Waals surface area contributed by atoms with Gasteiger partial charge in [-0.2, -0.15) is 5.11 Å². The van der Waals surface area contributed by atoms with Crippen molar-refractivity contribution in [2.75, 3.05) is 10.6 Å². The number of fused-ring (bicyclic) bond motifs is 1. The van der Waals surface area contributed by atoms with E-state index in [0.717, 1.165) is 17.9 Å². The summed E-state index contributed by atoms with van der Waals surface area (Å²) in [5.74, 6) is 0.244. The molecule has 0 aliphatic carbocycles. The summed E-state index contributed by atoms with van der Waals surface area (Å²) in [6.07, 6.45) is 8.00. The molecule has 0 spiro atoms. The highest BCUT2D eigenvalue weighted by molar-refractivity contribution is 5.99. The van der Waals surface area contributed by atoms with Crippen molar-refractivity contribution >= 4 is 17.4 Å². The number of anilines is 2. The van der Waals surface area contributed by atoms with E-state index in [-0.39, 0.29) is 11.9 Å². The van der Waals surface area contributed by atoms with Crippen LogP contribution in [0.4, 0.5) is 20.6 Å². The number of nitrogens with one attached hydrogen (secondary N) is 2. The van der Waals surface area contributed by atoms with E-state index in [2.05, 4.69) is 25.8 Å². The van der Waals surface area contributed by atoms with Crippen molar-refractivity contribution in [1.82, 2.24) is 14.8 Å². The van der Waals surface area contributed by atoms with Gasteiger partial charge in [0.2, 0.25) is 0 Å². The van der Waals surface area contributed by atoms with Crippen LogP contribution < -0.4 is 10.6 Å². The third-order valence-electron chi connectivity index (χ3n) is 4.79. The lowest BCUT2D eigenvalue weighted by atomic mass is 10.1. The average molecular weight is 407 g/mol. The molecule has 1 atom stereocenters. The normalized spacial score (nSPS) is 17.0. The fraction of sp³-hybridized carbons (Fsp3) is 0.238. The number of nitrogens with zero attached hydrogens (tertiary/aromatic N) is 5. The van der Waals surface area contributed by atoms with Crippen LogP contribution in [-0.4, -0.2) is 27.0 Å². The number of hydrogen-bond acceptors (Lipinski definition) is 6. The third kappa shape index (κ3) is 4.14. The summed E-state index contributed by atoms with van der Waals surface area (Å²) in [5, 5.41) is 13.6. The summed E-state index contributed by atoms with van der Waals surface area (Å²) in [5.41, 5.74) is 1.92. The van der Waals surface area contributed by atoms with Gasteiger partial charge in [0.15, 0.2) is 11.6 Å². The van der Waals surface area contributed by atoms with Crippen LogP contribution in [0.15, 0.2) is 71.2 Å². The van der Waals surface area contributed by atoms with Crippen LogP contribution in [0.3, 0.4) is 0 Å². The van der Waals surface area contributed by atoms with E-state index in [1.807, 2.05) is 42.2 Å². The third-order valence-corrected chi connectivity index (χ3v) is 4.79. The molecular weight excluding hydrogens is 385 g/mol. The van der Waals surface area contributed by atoms with E-state index >= 15 is 0 Å². The first kappa shape index (κ1) is 19.6. The van der Waals surface area contributed by atoms with Crippen molar-refractivity contribution in [3.05, 3.63) is 78.0 Å². The first-order valence-corrected chi connectivity index (χ1v) is 9.66. The maximum atomic E-state index is 15.0. The van der Waals surface area contributed by atoms with Gasteiger partial charge in [-0.25, -0.2) is 9.18 Å². The molecular formula is C21H22FN7O. The average Bonchev–Trinajstić information content (AvgIpc) is 3.15. The molecule has 2 aliphatic rings. The zero-order chi connectivity index (χ0) is 21.1. The Morgan fingerprint density at radius 2 is 2.07 bits per heavy atom. The number of benzene rings is 1. The van der Waals surface area contributed by atoms with Gasteiger partial charge in [0, 0.05) is 29.9 Å². The molecule has 0 fully saturated rings. The fourth-order valence-electron chi connectivity index (χ4n) is 3.20. The van der Waals surface area contributed by atoms with E-state index in [4.69, 9.17) is 0 Å². The minimum absolute atomic E-state index is 0.0150. The monoisotopic (exact) mass is 407 g/mol. The Morgan fingerprint density at radius 3 is 2.83 bits per heavy atom. The van der Waals surface area contributed by atoms with E-state index in [1.165, 1.54) is 6.07 Å². The lowest BCUT2D eigenvalue weighted by molar-refractivity contribution is 0.262. The summed E-state index contributed by atoms with van der Waals surface area (Å²) >= 11 is 0. The van der Waals surface area contributed by atoms with Crippen LogP contribution in [0.25, 0.3) is 0 Å². The number of pyridine rings is 1. The van der Waals surface area contributed by atoms with Crippen molar-refractivity contribution in [2.24, 2.45) is 10.2 Å². The Balaban J connectivity index is 1.43. The molecule has 3 heterocycles. The first-order chi connectivity index (χ1) is 14.5. The summed E-state index contributed by atoms with van der Waals surface area (Å²) in [4.78, 5) is 20.2. The second kappa shape index (κ2) is 8.32. The maximum absolute atomic E-state index is 15.0. The number of carbonyl (C=O) groups is 1. The standard InChI is InChI=1S/C21H22FN7O/c1-3-18-26-27-19-13-28(9-10-29(18)19)12-15-5-4-6-17(20(15)22)25-21(30)24-16-8-7-14(2)23-11-16/h4-11,13,18H,3,12H2,1-2H3,(H2,24,25,30). The molecule has 8 nitrogen and oxygen atoms in total. The van der Waals surface area contributed by atoms with Crippen molar-refractivity contribution in [3.8, 4) is 0 Å². The van der Waals surface area contributed by atoms with Gasteiger partial charge in [0.25, 0.3) is 0 Å². The Bertz CT molecular complexity index is 1030. The van der Waals surface area contributed by atoms with Gasteiger partial charge in [-0.3, -0.25) is 4.98 Å². The molecule has 1 unspecified atom stereocenters. The molecule has 0 bridgehead atoms. The Hall–Kier alpha value is -3.75. The lowest BCUT2D eigenvalue weighted by Crippen LogP contribution is -2.28. The van der Waals surface area contributed by atoms with E-state index in [1.54, 1.807) is 30.5 Å². The van der Waals surface area contributed by atoms with Crippen molar-refractivity contribution in [2.45, 2.75) is 33.0 Å². The number of aryl methyl sites for hydroxylation is 1. The smallest absolute Gasteiger partial charge is 0.323 e. The number of carbonyl (C=O) groups excluding carboxylic acids is 1. The highest BCUT2D eigenvalue weighted by Gasteiger charge is 2.26. The van der Waals surface area contributed by atoms with Gasteiger partial charge >= 0.3 is 6.03 Å². The van der Waals surface area contributed by atoms with E-state index < -0.39 is 11.8 Å². The highest BCUT2D eigenvalue weighted by atomic mass is 19.1. The fourth-order valence-corrected chi connectivity index (χ4v) is 3.20. The number of urea groups is 1. The minimum Gasteiger partial charge on any atom is -0.345 e. The van der Waals surface area contributed by atoms with E-state index in [9.17, 15) is 9.18 Å². The SMILES string of the molecule is CCC1N=NC2=CN(Cc3cccc(NC(=O)Nc4ccc(C)nc4)c3F)C=CN21. The van der Waals surface area contributed by atoms with Gasteiger partial charge < -0.3 is 20.4 Å². The molecule has 2 N–H and O–H groups in total. The molecule has 4 rings (SSSR count). The molecule has 9 heteroatoms. The molecule has 1 aromatic heterocycles. The summed E-state index contributed by atoms with van der Waals surface area (Å²) in [7, 11) is 0. The maximum Gasteiger partial charge on any atom is 0.323 e. The van der Waals surface area contributed by atoms with Crippen molar-refractivity contribution in [1.29, 1.82) is 0 Å². The molecule has 1 aromatic carbocycles. The van der Waals surface area contributed by atoms with Crippen LogP contribution in [0.5, 0.6) is 0 Å². The number of rotatable bonds is 5. The molecule has 0 radical (unpaired) electrons. The predicted molar refractivity (Wildman–Crippen MR) is 112 cm³/mol. The van der Waals surface area contributed by atoms with Gasteiger partial charge in [-0.15, -0.1) is 5.11 Å². The largest absolute Gasteiger partial charge is 0.345 e. The van der Waals surface area contributed by atoms with Crippen LogP contribution in [-0.2, 0) is 6.54 Å². The van der Waals surface area contributed by atoms with Gasteiger partial charge in [0.1, 0.15) is 6.17 Å². The molecule has 2 aliphatic heterocycles. The van der Waals surface area contributed by atoms with Gasteiger partial charge in [-0.1, -0.05) is 19.1 Å². The van der Waals surface area contributed by atoms with Crippen LogP contribution >= 0.6 is 0 Å². The highest BCUT2D eigenvalue weighted by Crippen LogP contribution is 2.28. The van der Waals surface area contributed by atoms with E-state index in [0.29, 0.717) is 17.8 Å². The minimum atomic E-state index is -0.538. The number of azo groups is 1. The van der Waals surface area contributed by atoms with Crippen molar-refractivity contribution < 1.29 is 9.18 Å². The molecule has 2 aromatic rings. The number of hydrogen-bond donors (Lipinski definition) is 2. The summed E-state index contributed by atoms with van der Waals surface area (Å²) < 4.78 is 15.0.